The van der Waals surface area contributed by atoms with Gasteiger partial charge in [0, 0.05) is 24.8 Å². The largest absolute Gasteiger partial charge is 0.368 e. The molecule has 1 aromatic carbocycles. The molecule has 1 aromatic heterocycles. The van der Waals surface area contributed by atoms with Crippen LogP contribution < -0.4 is 16.0 Å². The van der Waals surface area contributed by atoms with Crippen LogP contribution in [0.5, 0.6) is 0 Å². The Kier molecular flexibility index (Phi) is 6.81. The summed E-state index contributed by atoms with van der Waals surface area (Å²) < 4.78 is 13.7. The summed E-state index contributed by atoms with van der Waals surface area (Å²) in [5, 5.41) is 3.01. The van der Waals surface area contributed by atoms with Crippen LogP contribution in [0.25, 0.3) is 0 Å². The highest BCUT2D eigenvalue weighted by atomic mass is 19.1. The molecule has 0 aliphatic carbocycles. The number of nitrogens with zero attached hydrogens (tertiary/aromatic N) is 4. The molecular formula is C26H35FN6O2. The van der Waals surface area contributed by atoms with Crippen LogP contribution in [0.1, 0.15) is 56.7 Å². The lowest BCUT2D eigenvalue weighted by Crippen LogP contribution is -2.62. The minimum atomic E-state index is -1.17. The SMILES string of the molecule is CNC(C)(C(N)=O)[C@@H](C(=O)N1CCC[C@H]1c1cc(N2CCc3cc(F)ccc32)nc(C)n1)C(C)C. The fraction of sp³-hybridized carbons (Fsp3) is 0.538. The van der Waals surface area contributed by atoms with E-state index in [9.17, 15) is 14.0 Å². The van der Waals surface area contributed by atoms with Crippen molar-refractivity contribution in [3.63, 3.8) is 0 Å². The van der Waals surface area contributed by atoms with Crippen LogP contribution in [0.15, 0.2) is 24.3 Å². The second kappa shape index (κ2) is 9.53. The Bertz CT molecular complexity index is 1140. The number of fused-ring (bicyclic) bond motifs is 1. The summed E-state index contributed by atoms with van der Waals surface area (Å²) in [5.74, 6) is -0.245. The number of anilines is 2. The van der Waals surface area contributed by atoms with Crippen LogP contribution in [-0.2, 0) is 16.0 Å². The normalized spacial score (nSPS) is 20.1. The number of nitrogens with one attached hydrogen (secondary N) is 1. The molecule has 1 fully saturated rings. The highest BCUT2D eigenvalue weighted by Crippen LogP contribution is 2.39. The molecule has 4 rings (SSSR count). The van der Waals surface area contributed by atoms with Crippen molar-refractivity contribution < 1.29 is 14.0 Å². The standard InChI is InChI=1S/C26H35FN6O2/c1-15(2)23(26(4,29-5)25(28)35)24(34)33-11-6-7-21(33)19-14-22(31-16(3)30-19)32-12-10-17-13-18(27)8-9-20(17)32/h8-9,13-15,21,23,29H,6-7,10-12H2,1-5H3,(H2,28,35)/t21-,23+,26?/m0/s1. The minimum Gasteiger partial charge on any atom is -0.368 e. The van der Waals surface area contributed by atoms with E-state index in [0.29, 0.717) is 18.9 Å². The molecule has 2 aliphatic heterocycles. The quantitative estimate of drug-likeness (QED) is 0.629. The maximum atomic E-state index is 13.9. The Labute approximate surface area is 206 Å². The van der Waals surface area contributed by atoms with E-state index in [2.05, 4.69) is 15.2 Å². The van der Waals surface area contributed by atoms with Gasteiger partial charge in [-0.05, 0) is 69.8 Å². The lowest BCUT2D eigenvalue weighted by molar-refractivity contribution is -0.145. The second-order valence-corrected chi connectivity index (χ2v) is 10.1. The number of amides is 2. The first-order valence-electron chi connectivity index (χ1n) is 12.3. The summed E-state index contributed by atoms with van der Waals surface area (Å²) in [4.78, 5) is 39.6. The highest BCUT2D eigenvalue weighted by molar-refractivity contribution is 5.93. The number of likely N-dealkylation sites (N-methyl/N-ethyl adjacent to an activating group) is 1. The number of benzene rings is 1. The van der Waals surface area contributed by atoms with E-state index in [1.54, 1.807) is 26.1 Å². The third kappa shape index (κ3) is 4.49. The molecule has 0 saturated carbocycles. The summed E-state index contributed by atoms with van der Waals surface area (Å²) in [6.07, 6.45) is 2.37. The molecule has 2 amide bonds. The van der Waals surface area contributed by atoms with Crippen molar-refractivity contribution in [1.82, 2.24) is 20.2 Å². The lowest BCUT2D eigenvalue weighted by Gasteiger charge is -2.39. The number of hydrogen-bond acceptors (Lipinski definition) is 6. The number of likely N-dealkylation sites (tertiary alicyclic amines) is 1. The Morgan fingerprint density at radius 1 is 1.23 bits per heavy atom. The van der Waals surface area contributed by atoms with Crippen LogP contribution in [0.3, 0.4) is 0 Å². The van der Waals surface area contributed by atoms with E-state index in [-0.39, 0.29) is 23.7 Å². The first kappa shape index (κ1) is 25.0. The van der Waals surface area contributed by atoms with E-state index in [1.807, 2.05) is 31.7 Å². The number of aryl methyl sites for hydroxylation is 1. The fourth-order valence-electron chi connectivity index (χ4n) is 5.64. The summed E-state index contributed by atoms with van der Waals surface area (Å²) in [6.45, 7) is 8.72. The molecule has 188 valence electrons. The van der Waals surface area contributed by atoms with Crippen LogP contribution >= 0.6 is 0 Å². The lowest BCUT2D eigenvalue weighted by atomic mass is 9.76. The van der Waals surface area contributed by atoms with Crippen molar-refractivity contribution in [2.45, 2.75) is 58.5 Å². The molecule has 0 radical (unpaired) electrons. The number of carbonyl (C=O) groups is 2. The maximum Gasteiger partial charge on any atom is 0.238 e. The molecule has 3 atom stereocenters. The molecule has 2 aromatic rings. The van der Waals surface area contributed by atoms with Gasteiger partial charge in [-0.1, -0.05) is 13.8 Å². The molecule has 3 heterocycles. The minimum absolute atomic E-state index is 0.0991. The van der Waals surface area contributed by atoms with Gasteiger partial charge in [-0.15, -0.1) is 0 Å². The summed E-state index contributed by atoms with van der Waals surface area (Å²) in [5.41, 5.74) is 7.25. The van der Waals surface area contributed by atoms with Gasteiger partial charge in [0.2, 0.25) is 11.8 Å². The van der Waals surface area contributed by atoms with Crippen LogP contribution in [0.4, 0.5) is 15.9 Å². The number of halogens is 1. The average Bonchev–Trinajstić information content (AvgIpc) is 3.45. The first-order chi connectivity index (χ1) is 16.6. The summed E-state index contributed by atoms with van der Waals surface area (Å²) >= 11 is 0. The van der Waals surface area contributed by atoms with Crippen molar-refractivity contribution in [3.05, 3.63) is 47.2 Å². The van der Waals surface area contributed by atoms with Crippen molar-refractivity contribution >= 4 is 23.3 Å². The third-order valence-electron chi connectivity index (χ3n) is 7.52. The molecular weight excluding hydrogens is 447 g/mol. The van der Waals surface area contributed by atoms with Crippen molar-refractivity contribution in [3.8, 4) is 0 Å². The Morgan fingerprint density at radius 3 is 2.63 bits per heavy atom. The van der Waals surface area contributed by atoms with Crippen molar-refractivity contribution in [2.75, 3.05) is 25.0 Å². The molecule has 3 N–H and O–H groups in total. The molecule has 9 heteroatoms. The van der Waals surface area contributed by atoms with Gasteiger partial charge in [0.1, 0.15) is 23.0 Å². The number of rotatable bonds is 7. The Morgan fingerprint density at radius 2 is 1.97 bits per heavy atom. The van der Waals surface area contributed by atoms with Gasteiger partial charge in [-0.3, -0.25) is 9.59 Å². The van der Waals surface area contributed by atoms with Crippen LogP contribution in [-0.4, -0.2) is 52.4 Å². The molecule has 0 bridgehead atoms. The third-order valence-corrected chi connectivity index (χ3v) is 7.52. The number of nitrogens with two attached hydrogens (primary N) is 1. The molecule has 1 saturated heterocycles. The number of aromatic nitrogens is 2. The van der Waals surface area contributed by atoms with Gasteiger partial charge < -0.3 is 20.9 Å². The van der Waals surface area contributed by atoms with Gasteiger partial charge in [0.15, 0.2) is 0 Å². The van der Waals surface area contributed by atoms with Gasteiger partial charge in [-0.25, -0.2) is 14.4 Å². The van der Waals surface area contributed by atoms with Crippen molar-refractivity contribution in [1.29, 1.82) is 0 Å². The van der Waals surface area contributed by atoms with E-state index in [1.165, 1.54) is 6.07 Å². The highest BCUT2D eigenvalue weighted by Gasteiger charge is 2.48. The Balaban J connectivity index is 1.67. The van der Waals surface area contributed by atoms with E-state index >= 15 is 0 Å². The van der Waals surface area contributed by atoms with Crippen molar-refractivity contribution in [2.24, 2.45) is 17.6 Å². The predicted octanol–water partition coefficient (Wildman–Crippen LogP) is 3.02. The zero-order chi connectivity index (χ0) is 25.5. The zero-order valence-electron chi connectivity index (χ0n) is 21.1. The summed E-state index contributed by atoms with van der Waals surface area (Å²) in [7, 11) is 1.66. The van der Waals surface area contributed by atoms with Gasteiger partial charge in [-0.2, -0.15) is 0 Å². The summed E-state index contributed by atoms with van der Waals surface area (Å²) in [6, 6.07) is 6.56. The molecule has 8 nitrogen and oxygen atoms in total. The number of carbonyl (C=O) groups excluding carboxylic acids is 2. The molecule has 2 aliphatic rings. The smallest absolute Gasteiger partial charge is 0.238 e. The first-order valence-corrected chi connectivity index (χ1v) is 12.3. The van der Waals surface area contributed by atoms with E-state index in [4.69, 9.17) is 10.7 Å². The van der Waals surface area contributed by atoms with E-state index < -0.39 is 17.4 Å². The fourth-order valence-corrected chi connectivity index (χ4v) is 5.64. The van der Waals surface area contributed by atoms with Crippen LogP contribution in [0, 0.1) is 24.6 Å². The van der Waals surface area contributed by atoms with E-state index in [0.717, 1.165) is 42.0 Å². The second-order valence-electron chi connectivity index (χ2n) is 10.1. The topological polar surface area (TPSA) is 104 Å². The maximum absolute atomic E-state index is 13.9. The van der Waals surface area contributed by atoms with Gasteiger partial charge in [0.05, 0.1) is 17.7 Å². The molecule has 35 heavy (non-hydrogen) atoms. The molecule has 0 spiro atoms. The van der Waals surface area contributed by atoms with Gasteiger partial charge in [0.25, 0.3) is 0 Å². The average molecular weight is 483 g/mol. The van der Waals surface area contributed by atoms with Gasteiger partial charge >= 0.3 is 0 Å². The predicted molar refractivity (Wildman–Crippen MR) is 133 cm³/mol. The van der Waals surface area contributed by atoms with Crippen LogP contribution in [0.2, 0.25) is 0 Å². The number of primary amides is 1. The zero-order valence-corrected chi connectivity index (χ0v) is 21.1. The monoisotopic (exact) mass is 482 g/mol. The molecule has 1 unspecified atom stereocenters. The Hall–Kier alpha value is -3.07. The number of hydrogen-bond donors (Lipinski definition) is 2.